The van der Waals surface area contributed by atoms with Gasteiger partial charge in [-0.3, -0.25) is 9.59 Å². The molecule has 0 atom stereocenters. The third-order valence-corrected chi connectivity index (χ3v) is 5.81. The van der Waals surface area contributed by atoms with Crippen LogP contribution in [-0.4, -0.2) is 36.0 Å². The number of benzene rings is 3. The number of alkyl halides is 3. The zero-order valence-electron chi connectivity index (χ0n) is 18.2. The first-order chi connectivity index (χ1) is 16.2. The molecule has 0 radical (unpaired) electrons. The summed E-state index contributed by atoms with van der Waals surface area (Å²) in [6, 6.07) is 18.4. The highest BCUT2D eigenvalue weighted by molar-refractivity contribution is 6.09. The summed E-state index contributed by atoms with van der Waals surface area (Å²) in [7, 11) is 0. The van der Waals surface area contributed by atoms with E-state index in [-0.39, 0.29) is 17.0 Å². The summed E-state index contributed by atoms with van der Waals surface area (Å²) in [6.07, 6.45) is -4.36. The minimum Gasteiger partial charge on any atom is -0.393 e. The number of nitrogens with one attached hydrogen (secondary N) is 1. The Morgan fingerprint density at radius 2 is 1.44 bits per heavy atom. The van der Waals surface area contributed by atoms with Crippen LogP contribution in [0, 0.1) is 0 Å². The highest BCUT2D eigenvalue weighted by atomic mass is 19.4. The first-order valence-corrected chi connectivity index (χ1v) is 10.9. The second-order valence-corrected chi connectivity index (χ2v) is 8.17. The molecular weight excluding hydrogens is 445 g/mol. The van der Waals surface area contributed by atoms with Crippen LogP contribution in [0.15, 0.2) is 72.8 Å². The number of piperidine rings is 1. The fraction of sp³-hybridized carbons (Fsp3) is 0.231. The van der Waals surface area contributed by atoms with Crippen LogP contribution in [-0.2, 0) is 6.18 Å². The Labute approximate surface area is 194 Å². The van der Waals surface area contributed by atoms with Gasteiger partial charge in [-0.05, 0) is 55.3 Å². The number of hydrogen-bond acceptors (Lipinski definition) is 4. The van der Waals surface area contributed by atoms with Crippen molar-refractivity contribution in [2.45, 2.75) is 25.1 Å². The van der Waals surface area contributed by atoms with E-state index in [1.165, 1.54) is 24.3 Å². The van der Waals surface area contributed by atoms with E-state index in [2.05, 4.69) is 5.32 Å². The molecule has 3 aromatic carbocycles. The van der Waals surface area contributed by atoms with Gasteiger partial charge in [-0.15, -0.1) is 0 Å². The van der Waals surface area contributed by atoms with E-state index in [9.17, 15) is 27.9 Å². The van der Waals surface area contributed by atoms with E-state index in [4.69, 9.17) is 0 Å². The molecule has 4 rings (SSSR count). The van der Waals surface area contributed by atoms with Crippen LogP contribution >= 0.6 is 0 Å². The largest absolute Gasteiger partial charge is 0.418 e. The number of carbonyl (C=O) groups excluding carboxylic acids is 2. The average Bonchev–Trinajstić information content (AvgIpc) is 2.84. The lowest BCUT2D eigenvalue weighted by atomic mass is 10.0. The molecule has 0 aromatic heterocycles. The number of anilines is 2. The number of aliphatic hydroxyl groups is 1. The topological polar surface area (TPSA) is 69.6 Å². The molecule has 8 heteroatoms. The third kappa shape index (κ3) is 5.28. The molecule has 0 saturated carbocycles. The highest BCUT2D eigenvalue weighted by Gasteiger charge is 2.36. The van der Waals surface area contributed by atoms with Crippen molar-refractivity contribution in [2.24, 2.45) is 0 Å². The monoisotopic (exact) mass is 468 g/mol. The van der Waals surface area contributed by atoms with Gasteiger partial charge < -0.3 is 15.3 Å². The van der Waals surface area contributed by atoms with E-state index in [0.717, 1.165) is 6.07 Å². The fourth-order valence-electron chi connectivity index (χ4n) is 3.95. The van der Waals surface area contributed by atoms with Gasteiger partial charge in [0, 0.05) is 41.2 Å². The first-order valence-electron chi connectivity index (χ1n) is 10.9. The van der Waals surface area contributed by atoms with Crippen molar-refractivity contribution in [3.8, 4) is 0 Å². The van der Waals surface area contributed by atoms with Crippen molar-refractivity contribution >= 4 is 23.1 Å². The van der Waals surface area contributed by atoms with Gasteiger partial charge in [0.25, 0.3) is 5.91 Å². The summed E-state index contributed by atoms with van der Waals surface area (Å²) in [5.74, 6) is -0.859. The van der Waals surface area contributed by atoms with Gasteiger partial charge in [0.2, 0.25) is 0 Å². The summed E-state index contributed by atoms with van der Waals surface area (Å²) < 4.78 is 41.3. The molecule has 1 aliphatic heterocycles. The normalized spacial score (nSPS) is 14.6. The summed E-state index contributed by atoms with van der Waals surface area (Å²) in [4.78, 5) is 26.8. The van der Waals surface area contributed by atoms with E-state index < -0.39 is 23.8 Å². The average molecular weight is 468 g/mol. The number of halogens is 3. The van der Waals surface area contributed by atoms with Crippen molar-refractivity contribution in [1.29, 1.82) is 0 Å². The fourth-order valence-corrected chi connectivity index (χ4v) is 3.95. The van der Waals surface area contributed by atoms with E-state index in [0.29, 0.717) is 42.7 Å². The molecular formula is C26H23F3N2O3. The van der Waals surface area contributed by atoms with Gasteiger partial charge in [0.1, 0.15) is 0 Å². The maximum absolute atomic E-state index is 13.8. The molecule has 0 unspecified atom stereocenters. The predicted octanol–water partition coefficient (Wildman–Crippen LogP) is 5.15. The maximum atomic E-state index is 13.8. The Morgan fingerprint density at radius 3 is 2.06 bits per heavy atom. The zero-order valence-corrected chi connectivity index (χ0v) is 18.2. The molecule has 1 fully saturated rings. The SMILES string of the molecule is O=C(Nc1ccc(C(=O)c2ccccc2)cc1)c1ccc(N2CCC(O)CC2)c(C(F)(F)F)c1. The van der Waals surface area contributed by atoms with Gasteiger partial charge in [0.05, 0.1) is 11.7 Å². The number of hydrogen-bond donors (Lipinski definition) is 2. The lowest BCUT2D eigenvalue weighted by molar-refractivity contribution is -0.137. The minimum absolute atomic E-state index is 0.000253. The number of carbonyl (C=O) groups is 2. The summed E-state index contributed by atoms with van der Waals surface area (Å²) in [6.45, 7) is 0.619. The van der Waals surface area contributed by atoms with Gasteiger partial charge >= 0.3 is 6.18 Å². The third-order valence-electron chi connectivity index (χ3n) is 5.81. The lowest BCUT2D eigenvalue weighted by Crippen LogP contribution is -2.37. The lowest BCUT2D eigenvalue weighted by Gasteiger charge is -2.33. The Balaban J connectivity index is 1.51. The van der Waals surface area contributed by atoms with Crippen LogP contribution in [0.5, 0.6) is 0 Å². The Bertz CT molecular complexity index is 1170. The Kier molecular flexibility index (Phi) is 6.70. The molecule has 0 spiro atoms. The molecule has 2 N–H and O–H groups in total. The van der Waals surface area contributed by atoms with Crippen LogP contribution in [0.4, 0.5) is 24.5 Å². The van der Waals surface area contributed by atoms with Crippen LogP contribution in [0.3, 0.4) is 0 Å². The van der Waals surface area contributed by atoms with Gasteiger partial charge in [-0.25, -0.2) is 0 Å². The molecule has 34 heavy (non-hydrogen) atoms. The van der Waals surface area contributed by atoms with Crippen molar-refractivity contribution in [3.63, 3.8) is 0 Å². The number of rotatable bonds is 5. The Morgan fingerprint density at radius 1 is 0.853 bits per heavy atom. The zero-order chi connectivity index (χ0) is 24.3. The molecule has 5 nitrogen and oxygen atoms in total. The summed E-state index contributed by atoms with van der Waals surface area (Å²) >= 11 is 0. The van der Waals surface area contributed by atoms with Crippen molar-refractivity contribution in [1.82, 2.24) is 0 Å². The number of ketones is 1. The van der Waals surface area contributed by atoms with Crippen molar-refractivity contribution in [3.05, 3.63) is 95.1 Å². The highest BCUT2D eigenvalue weighted by Crippen LogP contribution is 2.38. The first kappa shape index (κ1) is 23.5. The molecule has 1 saturated heterocycles. The predicted molar refractivity (Wildman–Crippen MR) is 123 cm³/mol. The quantitative estimate of drug-likeness (QED) is 0.508. The summed E-state index contributed by atoms with van der Waals surface area (Å²) in [5.41, 5.74) is 0.303. The molecule has 0 bridgehead atoms. The summed E-state index contributed by atoms with van der Waals surface area (Å²) in [5, 5.41) is 12.2. The number of aliphatic hydroxyl groups excluding tert-OH is 1. The van der Waals surface area contributed by atoms with Gasteiger partial charge in [0.15, 0.2) is 5.78 Å². The number of amides is 1. The van der Waals surface area contributed by atoms with E-state index in [1.807, 2.05) is 6.07 Å². The molecule has 1 heterocycles. The number of nitrogens with zero attached hydrogens (tertiary/aromatic N) is 1. The minimum atomic E-state index is -4.64. The second kappa shape index (κ2) is 9.69. The van der Waals surface area contributed by atoms with Crippen molar-refractivity contribution in [2.75, 3.05) is 23.3 Å². The molecule has 176 valence electrons. The van der Waals surface area contributed by atoms with Crippen molar-refractivity contribution < 1.29 is 27.9 Å². The van der Waals surface area contributed by atoms with E-state index in [1.54, 1.807) is 41.3 Å². The van der Waals surface area contributed by atoms with Crippen LogP contribution < -0.4 is 10.2 Å². The van der Waals surface area contributed by atoms with E-state index >= 15 is 0 Å². The van der Waals surface area contributed by atoms with Crippen LogP contribution in [0.25, 0.3) is 0 Å². The molecule has 0 aliphatic carbocycles. The second-order valence-electron chi connectivity index (χ2n) is 8.17. The molecule has 3 aromatic rings. The molecule has 1 amide bonds. The smallest absolute Gasteiger partial charge is 0.393 e. The molecule has 1 aliphatic rings. The van der Waals surface area contributed by atoms with Gasteiger partial charge in [-0.2, -0.15) is 13.2 Å². The van der Waals surface area contributed by atoms with Crippen LogP contribution in [0.2, 0.25) is 0 Å². The Hall–Kier alpha value is -3.65. The maximum Gasteiger partial charge on any atom is 0.418 e. The van der Waals surface area contributed by atoms with Gasteiger partial charge in [-0.1, -0.05) is 30.3 Å². The van der Waals surface area contributed by atoms with Crippen LogP contribution in [0.1, 0.15) is 44.7 Å². The standard InChI is InChI=1S/C26H23F3N2O3/c27-26(28,29)22-16-19(8-11-23(22)31-14-12-21(32)13-15-31)25(34)30-20-9-6-18(7-10-20)24(33)17-4-2-1-3-5-17/h1-11,16,21,32H,12-15H2,(H,30,34).